The number of carbonyl (C=O) groups excluding carboxylic acids is 1. The zero-order valence-corrected chi connectivity index (χ0v) is 17.0. The summed E-state index contributed by atoms with van der Waals surface area (Å²) in [6.45, 7) is 4.28. The molecule has 1 atom stereocenters. The van der Waals surface area contributed by atoms with E-state index in [1.807, 2.05) is 12.1 Å². The van der Waals surface area contributed by atoms with Gasteiger partial charge in [0.25, 0.3) is 10.0 Å². The molecule has 0 heterocycles. The molecule has 0 amide bonds. The largest absolute Gasteiger partial charge is 0.466 e. The monoisotopic (exact) mass is 409 g/mol. The van der Waals surface area contributed by atoms with Gasteiger partial charge in [-0.15, -0.1) is 0 Å². The lowest BCUT2D eigenvalue weighted by atomic mass is 9.96. The van der Waals surface area contributed by atoms with Gasteiger partial charge >= 0.3 is 5.97 Å². The van der Waals surface area contributed by atoms with Crippen LogP contribution in [0.1, 0.15) is 32.3 Å². The van der Waals surface area contributed by atoms with Crippen LogP contribution in [-0.2, 0) is 26.0 Å². The molecule has 0 radical (unpaired) electrons. The molecule has 0 fully saturated rings. The lowest BCUT2D eigenvalue weighted by Gasteiger charge is -2.12. The van der Waals surface area contributed by atoms with E-state index in [4.69, 9.17) is 16.3 Å². The maximum absolute atomic E-state index is 12.4. The van der Waals surface area contributed by atoms with Crippen molar-refractivity contribution in [2.45, 2.75) is 38.0 Å². The second-order valence-electron chi connectivity index (χ2n) is 6.41. The van der Waals surface area contributed by atoms with Gasteiger partial charge in [0.1, 0.15) is 0 Å². The molecule has 0 aliphatic rings. The highest BCUT2D eigenvalue weighted by atomic mass is 35.5. The van der Waals surface area contributed by atoms with Crippen LogP contribution in [-0.4, -0.2) is 21.0 Å². The molecule has 0 bridgehead atoms. The summed E-state index contributed by atoms with van der Waals surface area (Å²) in [4.78, 5) is 11.6. The smallest absolute Gasteiger partial charge is 0.305 e. The van der Waals surface area contributed by atoms with E-state index < -0.39 is 10.0 Å². The van der Waals surface area contributed by atoms with E-state index in [-0.39, 0.29) is 10.9 Å². The van der Waals surface area contributed by atoms with Gasteiger partial charge in [-0.3, -0.25) is 9.52 Å². The second-order valence-corrected chi connectivity index (χ2v) is 8.53. The van der Waals surface area contributed by atoms with Crippen LogP contribution in [0.2, 0.25) is 5.02 Å². The van der Waals surface area contributed by atoms with Gasteiger partial charge in [0.05, 0.1) is 11.5 Å². The zero-order chi connectivity index (χ0) is 19.9. The van der Waals surface area contributed by atoms with Crippen molar-refractivity contribution in [2.24, 2.45) is 5.92 Å². The topological polar surface area (TPSA) is 72.5 Å². The Labute approximate surface area is 165 Å². The first kappa shape index (κ1) is 21.3. The summed E-state index contributed by atoms with van der Waals surface area (Å²) >= 11 is 5.80. The minimum absolute atomic E-state index is 0.156. The number of halogens is 1. The standard InChI is InChI=1S/C20H24ClNO4S/c1-3-26-20(23)13-4-15(2)14-16-5-9-18(10-6-16)22-27(24,25)19-11-7-17(21)8-12-19/h5-12,15,22H,3-4,13-14H2,1-2H3. The van der Waals surface area contributed by atoms with Crippen molar-refractivity contribution in [3.05, 3.63) is 59.1 Å². The average molecular weight is 410 g/mol. The van der Waals surface area contributed by atoms with Crippen molar-refractivity contribution in [3.63, 3.8) is 0 Å². The first-order valence-corrected chi connectivity index (χ1v) is 10.7. The molecule has 27 heavy (non-hydrogen) atoms. The van der Waals surface area contributed by atoms with E-state index in [1.165, 1.54) is 24.3 Å². The van der Waals surface area contributed by atoms with Gasteiger partial charge in [-0.1, -0.05) is 30.7 Å². The highest BCUT2D eigenvalue weighted by Gasteiger charge is 2.14. The second kappa shape index (κ2) is 9.76. The number of hydrogen-bond donors (Lipinski definition) is 1. The van der Waals surface area contributed by atoms with Crippen molar-refractivity contribution < 1.29 is 17.9 Å². The van der Waals surface area contributed by atoms with Crippen LogP contribution in [0.5, 0.6) is 0 Å². The Morgan fingerprint density at radius 1 is 1.11 bits per heavy atom. The highest BCUT2D eigenvalue weighted by molar-refractivity contribution is 7.92. The minimum atomic E-state index is -3.65. The van der Waals surface area contributed by atoms with Crippen LogP contribution >= 0.6 is 11.6 Å². The molecular formula is C20H24ClNO4S. The van der Waals surface area contributed by atoms with E-state index in [0.717, 1.165) is 18.4 Å². The summed E-state index contributed by atoms with van der Waals surface area (Å²) in [6.07, 6.45) is 1.97. The molecule has 1 N–H and O–H groups in total. The van der Waals surface area contributed by atoms with E-state index >= 15 is 0 Å². The number of rotatable bonds is 9. The van der Waals surface area contributed by atoms with Gasteiger partial charge in [-0.05, 0) is 67.6 Å². The molecule has 0 aromatic heterocycles. The Kier molecular flexibility index (Phi) is 7.68. The maximum atomic E-state index is 12.4. The van der Waals surface area contributed by atoms with Crippen molar-refractivity contribution in [1.82, 2.24) is 0 Å². The summed E-state index contributed by atoms with van der Waals surface area (Å²) in [7, 11) is -3.65. The molecule has 7 heteroatoms. The molecule has 1 unspecified atom stereocenters. The Hall–Kier alpha value is -2.05. The third kappa shape index (κ3) is 6.88. The summed E-state index contributed by atoms with van der Waals surface area (Å²) in [5, 5.41) is 0.482. The van der Waals surface area contributed by atoms with Crippen molar-refractivity contribution in [1.29, 1.82) is 0 Å². The van der Waals surface area contributed by atoms with Crippen molar-refractivity contribution in [3.8, 4) is 0 Å². The fourth-order valence-electron chi connectivity index (χ4n) is 2.64. The van der Waals surface area contributed by atoms with Crippen LogP contribution in [0.25, 0.3) is 0 Å². The van der Waals surface area contributed by atoms with Crippen LogP contribution in [0.15, 0.2) is 53.4 Å². The summed E-state index contributed by atoms with van der Waals surface area (Å²) in [6, 6.07) is 13.3. The van der Waals surface area contributed by atoms with Crippen LogP contribution in [0.4, 0.5) is 5.69 Å². The highest BCUT2D eigenvalue weighted by Crippen LogP contribution is 2.20. The van der Waals surface area contributed by atoms with E-state index in [0.29, 0.717) is 29.7 Å². The molecule has 5 nitrogen and oxygen atoms in total. The molecule has 2 aromatic carbocycles. The first-order valence-electron chi connectivity index (χ1n) is 8.83. The van der Waals surface area contributed by atoms with E-state index in [2.05, 4.69) is 11.6 Å². The molecule has 146 valence electrons. The molecule has 0 aliphatic heterocycles. The minimum Gasteiger partial charge on any atom is -0.466 e. The predicted octanol–water partition coefficient (Wildman–Crippen LogP) is 4.66. The number of sulfonamides is 1. The Morgan fingerprint density at radius 2 is 1.74 bits per heavy atom. The fraction of sp³-hybridized carbons (Fsp3) is 0.350. The number of benzene rings is 2. The average Bonchev–Trinajstić information content (AvgIpc) is 2.62. The number of anilines is 1. The molecule has 0 saturated carbocycles. The van der Waals surface area contributed by atoms with Crippen molar-refractivity contribution >= 4 is 33.3 Å². The third-order valence-corrected chi connectivity index (χ3v) is 5.71. The maximum Gasteiger partial charge on any atom is 0.305 e. The number of ether oxygens (including phenoxy) is 1. The summed E-state index contributed by atoms with van der Waals surface area (Å²) in [5.41, 5.74) is 1.58. The summed E-state index contributed by atoms with van der Waals surface area (Å²) in [5.74, 6) is 0.155. The lowest BCUT2D eigenvalue weighted by Crippen LogP contribution is -2.13. The lowest BCUT2D eigenvalue weighted by molar-refractivity contribution is -0.143. The van der Waals surface area contributed by atoms with Crippen LogP contribution in [0, 0.1) is 5.92 Å². The SMILES string of the molecule is CCOC(=O)CCC(C)Cc1ccc(NS(=O)(=O)c2ccc(Cl)cc2)cc1. The quantitative estimate of drug-likeness (QED) is 0.611. The van der Waals surface area contributed by atoms with Crippen LogP contribution < -0.4 is 4.72 Å². The van der Waals surface area contributed by atoms with Crippen LogP contribution in [0.3, 0.4) is 0 Å². The zero-order valence-electron chi connectivity index (χ0n) is 15.4. The number of nitrogens with one attached hydrogen (secondary N) is 1. The number of carbonyl (C=O) groups is 1. The third-order valence-electron chi connectivity index (χ3n) is 4.06. The van der Waals surface area contributed by atoms with E-state index in [1.54, 1.807) is 19.1 Å². The molecule has 0 saturated heterocycles. The molecule has 0 spiro atoms. The molecule has 2 aromatic rings. The normalized spacial score (nSPS) is 12.4. The van der Waals surface area contributed by atoms with Gasteiger partial charge in [0.2, 0.25) is 0 Å². The Morgan fingerprint density at radius 3 is 2.33 bits per heavy atom. The fourth-order valence-corrected chi connectivity index (χ4v) is 3.82. The summed E-state index contributed by atoms with van der Waals surface area (Å²) < 4.78 is 32.3. The van der Waals surface area contributed by atoms with Gasteiger partial charge in [0.15, 0.2) is 0 Å². The van der Waals surface area contributed by atoms with Gasteiger partial charge < -0.3 is 4.74 Å². The first-order chi connectivity index (χ1) is 12.8. The van der Waals surface area contributed by atoms with Gasteiger partial charge in [-0.2, -0.15) is 0 Å². The Balaban J connectivity index is 1.92. The van der Waals surface area contributed by atoms with Gasteiger partial charge in [-0.25, -0.2) is 8.42 Å². The number of hydrogen-bond acceptors (Lipinski definition) is 4. The van der Waals surface area contributed by atoms with Gasteiger partial charge in [0, 0.05) is 17.1 Å². The molecule has 0 aliphatic carbocycles. The van der Waals surface area contributed by atoms with Crippen molar-refractivity contribution in [2.75, 3.05) is 11.3 Å². The van der Waals surface area contributed by atoms with E-state index in [9.17, 15) is 13.2 Å². The molecule has 2 rings (SSSR count). The molecular weight excluding hydrogens is 386 g/mol. The predicted molar refractivity (Wildman–Crippen MR) is 107 cm³/mol. The number of esters is 1. The Bertz CT molecular complexity index is 849.